The van der Waals surface area contributed by atoms with Crippen LogP contribution in [0, 0.1) is 0 Å². The van der Waals surface area contributed by atoms with Gasteiger partial charge in [0.1, 0.15) is 18.8 Å². The summed E-state index contributed by atoms with van der Waals surface area (Å²) in [7, 11) is 0. The predicted octanol–water partition coefficient (Wildman–Crippen LogP) is 2.21. The number of carbonyl (C=O) groups excluding carboxylic acids is 3. The topological polar surface area (TPSA) is 146 Å². The zero-order valence-corrected chi connectivity index (χ0v) is 21.4. The van der Waals surface area contributed by atoms with Crippen molar-refractivity contribution in [1.82, 2.24) is 5.32 Å². The van der Waals surface area contributed by atoms with Crippen molar-refractivity contribution in [2.75, 3.05) is 6.61 Å². The van der Waals surface area contributed by atoms with Gasteiger partial charge in [0.05, 0.1) is 16.7 Å². The standard InChI is InChI=1S/C28H26N2O8S/c29-28(39)30-21-23(38-26(33)19-14-8-3-9-15-19)22(37-25(32)18-12-6-2-7-13-18)20(36-27(21)34)16-35-24(31)17-10-4-1-5-11-17/h1-15,20-23,27,34H,16H2,(H3,29,30,39)/t20-,21-,22-,23-,27-/m1/s1. The second-order valence-electron chi connectivity index (χ2n) is 8.54. The van der Waals surface area contributed by atoms with Crippen LogP contribution in [0.1, 0.15) is 31.1 Å². The second kappa shape index (κ2) is 13.0. The summed E-state index contributed by atoms with van der Waals surface area (Å²) in [5.41, 5.74) is 6.38. The van der Waals surface area contributed by atoms with E-state index in [0.29, 0.717) is 0 Å². The summed E-state index contributed by atoms with van der Waals surface area (Å²) in [5, 5.41) is 13.3. The summed E-state index contributed by atoms with van der Waals surface area (Å²) in [6.45, 7) is -0.434. The Hall–Kier alpha value is -4.32. The van der Waals surface area contributed by atoms with Crippen molar-refractivity contribution in [2.24, 2.45) is 5.73 Å². The molecule has 0 aromatic heterocycles. The lowest BCUT2D eigenvalue weighted by molar-refractivity contribution is -0.251. The highest BCUT2D eigenvalue weighted by molar-refractivity contribution is 7.80. The van der Waals surface area contributed by atoms with Crippen molar-refractivity contribution < 1.29 is 38.4 Å². The van der Waals surface area contributed by atoms with Gasteiger partial charge in [-0.25, -0.2) is 14.4 Å². The molecule has 39 heavy (non-hydrogen) atoms. The van der Waals surface area contributed by atoms with Gasteiger partial charge in [0.25, 0.3) is 0 Å². The Labute approximate surface area is 229 Å². The molecule has 10 nitrogen and oxygen atoms in total. The molecule has 11 heteroatoms. The van der Waals surface area contributed by atoms with Crippen LogP contribution in [0.4, 0.5) is 0 Å². The number of hydrogen-bond acceptors (Lipinski definition) is 9. The number of esters is 3. The molecule has 1 saturated heterocycles. The maximum absolute atomic E-state index is 13.1. The van der Waals surface area contributed by atoms with Crippen LogP contribution >= 0.6 is 12.2 Å². The maximum atomic E-state index is 13.1. The average Bonchev–Trinajstić information content (AvgIpc) is 2.96. The highest BCUT2D eigenvalue weighted by Gasteiger charge is 2.51. The average molecular weight is 551 g/mol. The lowest BCUT2D eigenvalue weighted by atomic mass is 9.96. The monoisotopic (exact) mass is 550 g/mol. The zero-order chi connectivity index (χ0) is 27.8. The van der Waals surface area contributed by atoms with E-state index in [4.69, 9.17) is 36.9 Å². The molecule has 0 aliphatic carbocycles. The Morgan fingerprint density at radius 2 is 1.21 bits per heavy atom. The van der Waals surface area contributed by atoms with E-state index >= 15 is 0 Å². The fraction of sp³-hybridized carbons (Fsp3) is 0.214. The van der Waals surface area contributed by atoms with Crippen LogP contribution in [0.3, 0.4) is 0 Å². The number of carbonyl (C=O) groups is 3. The molecule has 0 bridgehead atoms. The number of nitrogens with two attached hydrogens (primary N) is 1. The van der Waals surface area contributed by atoms with E-state index in [2.05, 4.69) is 5.32 Å². The van der Waals surface area contributed by atoms with Gasteiger partial charge in [0.2, 0.25) is 0 Å². The smallest absolute Gasteiger partial charge is 0.338 e. The van der Waals surface area contributed by atoms with Crippen molar-refractivity contribution >= 4 is 35.2 Å². The van der Waals surface area contributed by atoms with Crippen LogP contribution in [-0.2, 0) is 18.9 Å². The minimum atomic E-state index is -1.63. The van der Waals surface area contributed by atoms with E-state index in [1.165, 1.54) is 12.1 Å². The Kier molecular flexibility index (Phi) is 9.21. The van der Waals surface area contributed by atoms with Crippen LogP contribution in [-0.4, -0.2) is 65.4 Å². The molecule has 0 unspecified atom stereocenters. The third-order valence-corrected chi connectivity index (χ3v) is 5.99. The molecular formula is C28H26N2O8S. The van der Waals surface area contributed by atoms with E-state index in [1.54, 1.807) is 78.9 Å². The molecule has 5 atom stereocenters. The zero-order valence-electron chi connectivity index (χ0n) is 20.5. The summed E-state index contributed by atoms with van der Waals surface area (Å²) in [6.07, 6.45) is -5.55. The fourth-order valence-electron chi connectivity index (χ4n) is 4.00. The summed E-state index contributed by atoms with van der Waals surface area (Å²) >= 11 is 4.94. The quantitative estimate of drug-likeness (QED) is 0.216. The normalized spacial score (nSPS) is 22.2. The number of thiocarbonyl (C=S) groups is 1. The van der Waals surface area contributed by atoms with Crippen LogP contribution in [0.25, 0.3) is 0 Å². The fourth-order valence-corrected chi connectivity index (χ4v) is 4.14. The molecule has 3 aromatic carbocycles. The molecule has 0 radical (unpaired) electrons. The van der Waals surface area contributed by atoms with Gasteiger partial charge in [-0.1, -0.05) is 54.6 Å². The summed E-state index contributed by atoms with van der Waals surface area (Å²) in [6, 6.07) is 23.2. The van der Waals surface area contributed by atoms with Crippen LogP contribution in [0.15, 0.2) is 91.0 Å². The molecule has 202 valence electrons. The molecule has 4 N–H and O–H groups in total. The molecule has 1 aliphatic rings. The molecule has 3 aromatic rings. The van der Waals surface area contributed by atoms with Crippen LogP contribution in [0.5, 0.6) is 0 Å². The number of nitrogens with one attached hydrogen (secondary N) is 1. The first kappa shape index (κ1) is 27.7. The van der Waals surface area contributed by atoms with Gasteiger partial charge in [-0.05, 0) is 48.6 Å². The van der Waals surface area contributed by atoms with E-state index in [-0.39, 0.29) is 21.8 Å². The number of hydrogen-bond donors (Lipinski definition) is 3. The molecule has 1 aliphatic heterocycles. The van der Waals surface area contributed by atoms with E-state index in [0.717, 1.165) is 0 Å². The Balaban J connectivity index is 1.64. The molecule has 4 rings (SSSR count). The lowest BCUT2D eigenvalue weighted by Crippen LogP contribution is -2.66. The van der Waals surface area contributed by atoms with Gasteiger partial charge < -0.3 is 35.1 Å². The first-order valence-corrected chi connectivity index (χ1v) is 12.4. The number of aliphatic hydroxyl groups is 1. The van der Waals surface area contributed by atoms with E-state index in [9.17, 15) is 19.5 Å². The lowest BCUT2D eigenvalue weighted by Gasteiger charge is -2.43. The molecule has 0 amide bonds. The molecule has 0 saturated carbocycles. The third kappa shape index (κ3) is 7.17. The number of ether oxygens (including phenoxy) is 4. The number of benzene rings is 3. The molecular weight excluding hydrogens is 524 g/mol. The van der Waals surface area contributed by atoms with Crippen molar-refractivity contribution in [3.8, 4) is 0 Å². The first-order chi connectivity index (χ1) is 18.8. The highest BCUT2D eigenvalue weighted by Crippen LogP contribution is 2.28. The summed E-state index contributed by atoms with van der Waals surface area (Å²) < 4.78 is 22.6. The minimum Gasteiger partial charge on any atom is -0.459 e. The molecule has 0 spiro atoms. The minimum absolute atomic E-state index is 0.216. The van der Waals surface area contributed by atoms with Crippen molar-refractivity contribution in [1.29, 1.82) is 0 Å². The van der Waals surface area contributed by atoms with Gasteiger partial charge in [0, 0.05) is 0 Å². The van der Waals surface area contributed by atoms with E-state index in [1.807, 2.05) is 0 Å². The molecule has 1 fully saturated rings. The summed E-state index contributed by atoms with van der Waals surface area (Å²) in [5.74, 6) is -2.18. The second-order valence-corrected chi connectivity index (χ2v) is 8.98. The Bertz CT molecular complexity index is 1290. The van der Waals surface area contributed by atoms with Crippen molar-refractivity contribution in [2.45, 2.75) is 30.6 Å². The van der Waals surface area contributed by atoms with Gasteiger partial charge in [-0.15, -0.1) is 0 Å². The largest absolute Gasteiger partial charge is 0.459 e. The Morgan fingerprint density at radius 3 is 1.67 bits per heavy atom. The van der Waals surface area contributed by atoms with Crippen LogP contribution < -0.4 is 11.1 Å². The van der Waals surface area contributed by atoms with Crippen LogP contribution in [0.2, 0.25) is 0 Å². The molecule has 1 heterocycles. The highest BCUT2D eigenvalue weighted by atomic mass is 32.1. The van der Waals surface area contributed by atoms with Gasteiger partial charge in [-0.3, -0.25) is 0 Å². The van der Waals surface area contributed by atoms with Gasteiger partial charge in [0.15, 0.2) is 23.6 Å². The number of rotatable bonds is 8. The SMILES string of the molecule is NC(=S)N[C@@H]1[C@@H](OC(=O)c2ccccc2)[C@H](OC(=O)c2ccccc2)[C@@H](COC(=O)c2ccccc2)O[C@H]1O. The predicted molar refractivity (Wildman–Crippen MR) is 143 cm³/mol. The summed E-state index contributed by atoms with van der Waals surface area (Å²) in [4.78, 5) is 38.7. The third-order valence-electron chi connectivity index (χ3n) is 5.87. The number of aliphatic hydroxyl groups excluding tert-OH is 1. The Morgan fingerprint density at radius 1 is 0.769 bits per heavy atom. The first-order valence-electron chi connectivity index (χ1n) is 12.0. The van der Waals surface area contributed by atoms with E-state index < -0.39 is 55.2 Å². The van der Waals surface area contributed by atoms with Crippen molar-refractivity contribution in [3.05, 3.63) is 108 Å². The van der Waals surface area contributed by atoms with Crippen molar-refractivity contribution in [3.63, 3.8) is 0 Å². The maximum Gasteiger partial charge on any atom is 0.338 e. The van der Waals surface area contributed by atoms with Gasteiger partial charge >= 0.3 is 17.9 Å². The van der Waals surface area contributed by atoms with Gasteiger partial charge in [-0.2, -0.15) is 0 Å².